The number of hydrogen-bond acceptors (Lipinski definition) is 5. The first-order chi connectivity index (χ1) is 12.8. The van der Waals surface area contributed by atoms with Gasteiger partial charge in [0, 0.05) is 12.4 Å². The van der Waals surface area contributed by atoms with Crippen LogP contribution < -0.4 is 10.6 Å². The molecule has 3 aromatic rings. The second-order valence-corrected chi connectivity index (χ2v) is 6.38. The lowest BCUT2D eigenvalue weighted by molar-refractivity contribution is 0.102. The number of carbonyl (C=O) groups excluding carboxylic acids is 1. The van der Waals surface area contributed by atoms with Gasteiger partial charge in [0.15, 0.2) is 5.69 Å². The molecule has 3 heterocycles. The van der Waals surface area contributed by atoms with E-state index in [0.29, 0.717) is 24.2 Å². The Bertz CT molecular complexity index is 865. The monoisotopic (exact) mass is 351 g/mol. The van der Waals surface area contributed by atoms with Crippen LogP contribution in [-0.2, 0) is 6.54 Å². The molecule has 2 N–H and O–H groups in total. The van der Waals surface area contributed by atoms with Gasteiger partial charge in [0.2, 0.25) is 5.95 Å². The Morgan fingerprint density at radius 1 is 1.23 bits per heavy atom. The summed E-state index contributed by atoms with van der Waals surface area (Å²) in [6, 6.07) is 10.3. The highest BCUT2D eigenvalue weighted by molar-refractivity contribution is 6.01. The minimum absolute atomic E-state index is 0.297. The smallest absolute Gasteiger partial charge is 0.280 e. The molecule has 0 saturated carbocycles. The van der Waals surface area contributed by atoms with Crippen molar-refractivity contribution in [2.75, 3.05) is 18.4 Å². The predicted octanol–water partition coefficient (Wildman–Crippen LogP) is 1.70. The highest BCUT2D eigenvalue weighted by atomic mass is 16.2. The minimum atomic E-state index is -0.300. The van der Waals surface area contributed by atoms with Crippen molar-refractivity contribution in [1.82, 2.24) is 29.9 Å². The first-order valence-corrected chi connectivity index (χ1v) is 8.78. The van der Waals surface area contributed by atoms with Gasteiger partial charge in [0.1, 0.15) is 0 Å². The Hall–Kier alpha value is -3.00. The fourth-order valence-corrected chi connectivity index (χ4v) is 3.14. The average molecular weight is 351 g/mol. The summed E-state index contributed by atoms with van der Waals surface area (Å²) in [6.07, 6.45) is 7.21. The maximum Gasteiger partial charge on any atom is 0.280 e. The molecule has 0 radical (unpaired) electrons. The van der Waals surface area contributed by atoms with Gasteiger partial charge in [-0.2, -0.15) is 0 Å². The third kappa shape index (κ3) is 3.65. The fourth-order valence-electron chi connectivity index (χ4n) is 3.14. The van der Waals surface area contributed by atoms with Crippen molar-refractivity contribution in [2.24, 2.45) is 0 Å². The van der Waals surface area contributed by atoms with Gasteiger partial charge in [-0.15, -0.1) is 5.10 Å². The molecule has 8 nitrogen and oxygen atoms in total. The number of nitrogens with one attached hydrogen (secondary N) is 2. The minimum Gasteiger partial charge on any atom is -0.317 e. The Labute approximate surface area is 151 Å². The number of anilines is 1. The summed E-state index contributed by atoms with van der Waals surface area (Å²) < 4.78 is 3.69. The maximum absolute atomic E-state index is 12.5. The molecule has 1 aromatic carbocycles. The molecule has 134 valence electrons. The lowest BCUT2D eigenvalue weighted by atomic mass is 10.1. The van der Waals surface area contributed by atoms with Crippen LogP contribution in [0.25, 0.3) is 0 Å². The molecule has 0 unspecified atom stereocenters. The Morgan fingerprint density at radius 2 is 2.04 bits per heavy atom. The van der Waals surface area contributed by atoms with Gasteiger partial charge in [0.05, 0.1) is 18.8 Å². The third-order valence-corrected chi connectivity index (χ3v) is 4.56. The summed E-state index contributed by atoms with van der Waals surface area (Å²) in [5, 5.41) is 14.3. The lowest BCUT2D eigenvalue weighted by Gasteiger charge is -2.22. The first-order valence-electron chi connectivity index (χ1n) is 8.78. The van der Waals surface area contributed by atoms with Crippen molar-refractivity contribution >= 4 is 11.9 Å². The number of carbonyl (C=O) groups is 1. The zero-order valence-corrected chi connectivity index (χ0v) is 14.4. The van der Waals surface area contributed by atoms with Crippen LogP contribution in [0.15, 0.2) is 48.9 Å². The zero-order chi connectivity index (χ0) is 17.8. The second kappa shape index (κ2) is 7.49. The van der Waals surface area contributed by atoms with Crippen molar-refractivity contribution in [2.45, 2.75) is 25.4 Å². The zero-order valence-electron chi connectivity index (χ0n) is 14.4. The molecule has 0 aliphatic carbocycles. The van der Waals surface area contributed by atoms with Crippen LogP contribution in [0.2, 0.25) is 0 Å². The number of benzene rings is 1. The van der Waals surface area contributed by atoms with Crippen LogP contribution in [0.3, 0.4) is 0 Å². The maximum atomic E-state index is 12.5. The molecule has 1 amide bonds. The number of aromatic nitrogens is 5. The Morgan fingerprint density at radius 3 is 2.85 bits per heavy atom. The van der Waals surface area contributed by atoms with E-state index < -0.39 is 0 Å². The molecule has 1 fully saturated rings. The van der Waals surface area contributed by atoms with Gasteiger partial charge in [0.25, 0.3) is 5.91 Å². The van der Waals surface area contributed by atoms with E-state index in [1.54, 1.807) is 17.1 Å². The van der Waals surface area contributed by atoms with Crippen LogP contribution >= 0.6 is 0 Å². The van der Waals surface area contributed by atoms with Gasteiger partial charge in [-0.05, 0) is 31.5 Å². The van der Waals surface area contributed by atoms with Crippen molar-refractivity contribution in [3.8, 4) is 0 Å². The molecular weight excluding hydrogens is 330 g/mol. The van der Waals surface area contributed by atoms with E-state index in [2.05, 4.69) is 25.9 Å². The van der Waals surface area contributed by atoms with Crippen LogP contribution in [-0.4, -0.2) is 43.5 Å². The third-order valence-electron chi connectivity index (χ3n) is 4.56. The number of imidazole rings is 1. The highest BCUT2D eigenvalue weighted by Crippen LogP contribution is 2.17. The summed E-state index contributed by atoms with van der Waals surface area (Å²) in [5.41, 5.74) is 1.44. The van der Waals surface area contributed by atoms with Crippen molar-refractivity contribution in [3.05, 3.63) is 60.2 Å². The molecule has 1 saturated heterocycles. The SMILES string of the molecule is O=C(Nc1nccn1Cc1ccccc1)c1cn(C2CCNCC2)nn1. The molecule has 0 spiro atoms. The van der Waals surface area contributed by atoms with Gasteiger partial charge in [-0.25, -0.2) is 9.67 Å². The predicted molar refractivity (Wildman–Crippen MR) is 96.9 cm³/mol. The summed E-state index contributed by atoms with van der Waals surface area (Å²) >= 11 is 0. The van der Waals surface area contributed by atoms with Crippen LogP contribution in [0.5, 0.6) is 0 Å². The normalized spacial score (nSPS) is 15.1. The van der Waals surface area contributed by atoms with Crippen molar-refractivity contribution in [1.29, 1.82) is 0 Å². The summed E-state index contributed by atoms with van der Waals surface area (Å²) in [4.78, 5) is 16.8. The summed E-state index contributed by atoms with van der Waals surface area (Å²) in [5.74, 6) is 0.195. The average Bonchev–Trinajstić information content (AvgIpc) is 3.34. The van der Waals surface area contributed by atoms with E-state index in [1.807, 2.05) is 41.1 Å². The van der Waals surface area contributed by atoms with Gasteiger partial charge in [-0.1, -0.05) is 35.5 Å². The number of amides is 1. The molecule has 1 aliphatic heterocycles. The Balaban J connectivity index is 1.44. The molecule has 4 rings (SSSR count). The van der Waals surface area contributed by atoms with E-state index in [0.717, 1.165) is 31.5 Å². The van der Waals surface area contributed by atoms with E-state index in [1.165, 1.54) is 0 Å². The number of nitrogens with zero attached hydrogens (tertiary/aromatic N) is 5. The van der Waals surface area contributed by atoms with Crippen LogP contribution in [0.1, 0.15) is 34.9 Å². The first kappa shape index (κ1) is 16.5. The molecule has 1 aliphatic rings. The largest absolute Gasteiger partial charge is 0.317 e. The van der Waals surface area contributed by atoms with Gasteiger partial charge < -0.3 is 9.88 Å². The summed E-state index contributed by atoms with van der Waals surface area (Å²) in [6.45, 7) is 2.56. The molecule has 2 aromatic heterocycles. The van der Waals surface area contributed by atoms with Gasteiger partial charge >= 0.3 is 0 Å². The molecule has 8 heteroatoms. The second-order valence-electron chi connectivity index (χ2n) is 6.38. The Kier molecular flexibility index (Phi) is 4.74. The number of hydrogen-bond donors (Lipinski definition) is 2. The van der Waals surface area contributed by atoms with E-state index >= 15 is 0 Å². The van der Waals surface area contributed by atoms with E-state index in [-0.39, 0.29) is 5.91 Å². The quantitative estimate of drug-likeness (QED) is 0.730. The standard InChI is InChI=1S/C18H21N7O/c26-17(16-13-25(23-22-16)15-6-8-19-9-7-15)21-18-20-10-11-24(18)12-14-4-2-1-3-5-14/h1-5,10-11,13,15,19H,6-9,12H2,(H,20,21,26). The van der Waals surface area contributed by atoms with Crippen molar-refractivity contribution < 1.29 is 4.79 Å². The fraction of sp³-hybridized carbons (Fsp3) is 0.333. The number of rotatable bonds is 5. The molecule has 26 heavy (non-hydrogen) atoms. The topological polar surface area (TPSA) is 89.7 Å². The molecular formula is C18H21N7O. The molecule has 0 bridgehead atoms. The van der Waals surface area contributed by atoms with Crippen LogP contribution in [0, 0.1) is 0 Å². The summed E-state index contributed by atoms with van der Waals surface area (Å²) in [7, 11) is 0. The lowest BCUT2D eigenvalue weighted by Crippen LogP contribution is -2.29. The van der Waals surface area contributed by atoms with Crippen molar-refractivity contribution in [3.63, 3.8) is 0 Å². The van der Waals surface area contributed by atoms with Crippen LogP contribution in [0.4, 0.5) is 5.95 Å². The number of piperidine rings is 1. The van der Waals surface area contributed by atoms with E-state index in [4.69, 9.17) is 0 Å². The van der Waals surface area contributed by atoms with E-state index in [9.17, 15) is 4.79 Å². The molecule has 0 atom stereocenters. The van der Waals surface area contributed by atoms with Gasteiger partial charge in [-0.3, -0.25) is 10.1 Å². The highest BCUT2D eigenvalue weighted by Gasteiger charge is 2.19.